The van der Waals surface area contributed by atoms with Crippen LogP contribution < -0.4 is 5.32 Å². The number of rotatable bonds is 10. The van der Waals surface area contributed by atoms with Crippen LogP contribution in [0.4, 0.5) is 0 Å². The zero-order valence-corrected chi connectivity index (χ0v) is 20.9. The van der Waals surface area contributed by atoms with Crippen molar-refractivity contribution in [2.24, 2.45) is 0 Å². The van der Waals surface area contributed by atoms with Gasteiger partial charge in [0.2, 0.25) is 0 Å². The first-order valence-corrected chi connectivity index (χ1v) is 13.0. The van der Waals surface area contributed by atoms with Gasteiger partial charge in [-0.15, -0.1) is 0 Å². The van der Waals surface area contributed by atoms with Crippen LogP contribution in [0.5, 0.6) is 0 Å². The Morgan fingerprint density at radius 3 is 2.47 bits per heavy atom. The van der Waals surface area contributed by atoms with Crippen LogP contribution in [0.15, 0.2) is 72.8 Å². The zero-order chi connectivity index (χ0) is 23.8. The van der Waals surface area contributed by atoms with E-state index in [1.165, 1.54) is 17.5 Å². The average Bonchev–Trinajstić information content (AvgIpc) is 2.88. The van der Waals surface area contributed by atoms with Crippen LogP contribution in [0, 0.1) is 0 Å². The Morgan fingerprint density at radius 2 is 1.71 bits per heavy atom. The molecule has 0 heterocycles. The molecule has 1 aliphatic carbocycles. The van der Waals surface area contributed by atoms with E-state index in [1.807, 2.05) is 48.5 Å². The third-order valence-electron chi connectivity index (χ3n) is 6.81. The minimum atomic E-state index is 0.00536. The molecular formula is C30H35ClN2O. The fourth-order valence-electron chi connectivity index (χ4n) is 4.97. The molecule has 34 heavy (non-hydrogen) atoms. The van der Waals surface area contributed by atoms with Gasteiger partial charge in [0.05, 0.1) is 0 Å². The second-order valence-corrected chi connectivity index (χ2v) is 9.69. The molecule has 1 aliphatic rings. The first-order chi connectivity index (χ1) is 16.6. The highest BCUT2D eigenvalue weighted by Crippen LogP contribution is 2.27. The Morgan fingerprint density at radius 1 is 0.941 bits per heavy atom. The minimum Gasteiger partial charge on any atom is -0.352 e. The predicted molar refractivity (Wildman–Crippen MR) is 143 cm³/mol. The Labute approximate surface area is 209 Å². The van der Waals surface area contributed by atoms with E-state index in [4.69, 9.17) is 11.6 Å². The predicted octanol–water partition coefficient (Wildman–Crippen LogP) is 6.79. The highest BCUT2D eigenvalue weighted by Gasteiger charge is 2.23. The zero-order valence-electron chi connectivity index (χ0n) is 20.1. The smallest absolute Gasteiger partial charge is 0.251 e. The van der Waals surface area contributed by atoms with Crippen LogP contribution in [-0.2, 0) is 12.8 Å². The van der Waals surface area contributed by atoms with Gasteiger partial charge in [-0.1, -0.05) is 67.1 Å². The van der Waals surface area contributed by atoms with Crippen molar-refractivity contribution < 1.29 is 4.79 Å². The standard InChI is InChI=1S/C30H35ClN2O/c1-2-19-33(29-17-15-25-14-16-28(31)21-27(25)22-29)20-7-6-18-32-30(34)26-12-10-24(11-13-26)23-8-4-3-5-9-23/h3-5,8-14,16,21,29H,2,6-7,15,17-20,22H2,1H3,(H,32,34). The first kappa shape index (κ1) is 24.5. The van der Waals surface area contributed by atoms with Crippen molar-refractivity contribution in [3.63, 3.8) is 0 Å². The maximum Gasteiger partial charge on any atom is 0.251 e. The second kappa shape index (κ2) is 12.2. The van der Waals surface area contributed by atoms with Gasteiger partial charge in [-0.25, -0.2) is 0 Å². The number of amides is 1. The molecule has 1 N–H and O–H groups in total. The van der Waals surface area contributed by atoms with Crippen molar-refractivity contribution in [1.82, 2.24) is 10.2 Å². The van der Waals surface area contributed by atoms with Gasteiger partial charge >= 0.3 is 0 Å². The largest absolute Gasteiger partial charge is 0.352 e. The van der Waals surface area contributed by atoms with E-state index in [2.05, 4.69) is 41.4 Å². The summed E-state index contributed by atoms with van der Waals surface area (Å²) in [7, 11) is 0. The fourth-order valence-corrected chi connectivity index (χ4v) is 5.17. The summed E-state index contributed by atoms with van der Waals surface area (Å²) in [6, 6.07) is 25.0. The van der Waals surface area contributed by atoms with Gasteiger partial charge < -0.3 is 10.2 Å². The van der Waals surface area contributed by atoms with Crippen molar-refractivity contribution in [3.8, 4) is 11.1 Å². The second-order valence-electron chi connectivity index (χ2n) is 9.25. The van der Waals surface area contributed by atoms with Crippen molar-refractivity contribution in [2.45, 2.75) is 51.5 Å². The number of aryl methyl sites for hydroxylation is 1. The number of hydrogen-bond donors (Lipinski definition) is 1. The molecule has 3 aromatic carbocycles. The number of halogens is 1. The number of carbonyl (C=O) groups is 1. The van der Waals surface area contributed by atoms with E-state index < -0.39 is 0 Å². The van der Waals surface area contributed by atoms with Crippen LogP contribution >= 0.6 is 11.6 Å². The molecule has 0 saturated carbocycles. The number of nitrogens with zero attached hydrogens (tertiary/aromatic N) is 1. The van der Waals surface area contributed by atoms with Gasteiger partial charge in [-0.2, -0.15) is 0 Å². The summed E-state index contributed by atoms with van der Waals surface area (Å²) >= 11 is 6.24. The number of unbranched alkanes of at least 4 members (excludes halogenated alkanes) is 1. The maximum atomic E-state index is 12.6. The number of fused-ring (bicyclic) bond motifs is 1. The molecule has 3 nitrogen and oxygen atoms in total. The third-order valence-corrected chi connectivity index (χ3v) is 7.04. The molecule has 0 bridgehead atoms. The van der Waals surface area contributed by atoms with Crippen LogP contribution in [0.25, 0.3) is 11.1 Å². The average molecular weight is 475 g/mol. The molecular weight excluding hydrogens is 440 g/mol. The molecule has 0 radical (unpaired) electrons. The van der Waals surface area contributed by atoms with Crippen LogP contribution in [0.3, 0.4) is 0 Å². The number of hydrogen-bond acceptors (Lipinski definition) is 2. The van der Waals surface area contributed by atoms with Crippen molar-refractivity contribution in [3.05, 3.63) is 94.5 Å². The molecule has 178 valence electrons. The quantitative estimate of drug-likeness (QED) is 0.328. The summed E-state index contributed by atoms with van der Waals surface area (Å²) in [6.45, 7) is 5.17. The van der Waals surface area contributed by atoms with Gasteiger partial charge in [0.1, 0.15) is 0 Å². The summed E-state index contributed by atoms with van der Waals surface area (Å²) in [4.78, 5) is 15.2. The summed E-state index contributed by atoms with van der Waals surface area (Å²) in [5, 5.41) is 3.93. The van der Waals surface area contributed by atoms with Gasteiger partial charge in [-0.05, 0) is 98.1 Å². The molecule has 1 atom stereocenters. The van der Waals surface area contributed by atoms with Crippen molar-refractivity contribution in [2.75, 3.05) is 19.6 Å². The molecule has 4 rings (SSSR count). The molecule has 0 saturated heterocycles. The molecule has 0 aliphatic heterocycles. The van der Waals surface area contributed by atoms with E-state index in [1.54, 1.807) is 0 Å². The minimum absolute atomic E-state index is 0.00536. The number of benzene rings is 3. The Balaban J connectivity index is 1.22. The Kier molecular flexibility index (Phi) is 8.79. The lowest BCUT2D eigenvalue weighted by molar-refractivity contribution is 0.0952. The van der Waals surface area contributed by atoms with E-state index in [9.17, 15) is 4.79 Å². The lowest BCUT2D eigenvalue weighted by atomic mass is 9.87. The number of nitrogens with one attached hydrogen (secondary N) is 1. The SMILES string of the molecule is CCCN(CCCCNC(=O)c1ccc(-c2ccccc2)cc1)C1CCc2ccc(Cl)cc2C1. The molecule has 4 heteroatoms. The normalized spacial score (nSPS) is 15.2. The molecule has 0 fully saturated rings. The first-order valence-electron chi connectivity index (χ1n) is 12.6. The topological polar surface area (TPSA) is 32.3 Å². The van der Waals surface area contributed by atoms with E-state index >= 15 is 0 Å². The molecule has 3 aromatic rings. The van der Waals surface area contributed by atoms with Crippen LogP contribution in [0.1, 0.15) is 54.1 Å². The van der Waals surface area contributed by atoms with Gasteiger partial charge in [0.15, 0.2) is 0 Å². The van der Waals surface area contributed by atoms with Crippen molar-refractivity contribution >= 4 is 17.5 Å². The maximum absolute atomic E-state index is 12.6. The highest BCUT2D eigenvalue weighted by atomic mass is 35.5. The highest BCUT2D eigenvalue weighted by molar-refractivity contribution is 6.30. The summed E-state index contributed by atoms with van der Waals surface area (Å²) < 4.78 is 0. The summed E-state index contributed by atoms with van der Waals surface area (Å²) in [5.74, 6) is 0.00536. The Bertz CT molecular complexity index is 1060. The van der Waals surface area contributed by atoms with Gasteiger partial charge in [0, 0.05) is 23.2 Å². The monoisotopic (exact) mass is 474 g/mol. The lowest BCUT2D eigenvalue weighted by Crippen LogP contribution is -2.40. The third kappa shape index (κ3) is 6.49. The lowest BCUT2D eigenvalue weighted by Gasteiger charge is -2.35. The van der Waals surface area contributed by atoms with Gasteiger partial charge in [0.25, 0.3) is 5.91 Å². The van der Waals surface area contributed by atoms with Crippen molar-refractivity contribution in [1.29, 1.82) is 0 Å². The molecule has 0 spiro atoms. The van der Waals surface area contributed by atoms with Crippen LogP contribution in [-0.4, -0.2) is 36.5 Å². The van der Waals surface area contributed by atoms with Crippen LogP contribution in [0.2, 0.25) is 5.02 Å². The molecule has 1 unspecified atom stereocenters. The Hall–Kier alpha value is -2.62. The molecule has 1 amide bonds. The van der Waals surface area contributed by atoms with E-state index in [0.29, 0.717) is 18.2 Å². The van der Waals surface area contributed by atoms with Gasteiger partial charge in [-0.3, -0.25) is 4.79 Å². The van der Waals surface area contributed by atoms with E-state index in [0.717, 1.165) is 61.3 Å². The summed E-state index contributed by atoms with van der Waals surface area (Å²) in [6.07, 6.45) is 6.68. The fraction of sp³-hybridized carbons (Fsp3) is 0.367. The molecule has 0 aromatic heterocycles. The summed E-state index contributed by atoms with van der Waals surface area (Å²) in [5.41, 5.74) is 5.87. The van der Waals surface area contributed by atoms with E-state index in [-0.39, 0.29) is 5.91 Å². The number of carbonyl (C=O) groups excluding carboxylic acids is 1.